The van der Waals surface area contributed by atoms with Crippen LogP contribution in [0.5, 0.6) is 11.6 Å². The van der Waals surface area contributed by atoms with E-state index in [-0.39, 0.29) is 36.1 Å². The fraction of sp³-hybridized carbons (Fsp3) is 0.485. The summed E-state index contributed by atoms with van der Waals surface area (Å²) in [6.45, 7) is 4.61. The molecule has 0 bridgehead atoms. The summed E-state index contributed by atoms with van der Waals surface area (Å²) in [7, 11) is 0. The van der Waals surface area contributed by atoms with Gasteiger partial charge in [-0.15, -0.1) is 6.42 Å². The summed E-state index contributed by atoms with van der Waals surface area (Å²) >= 11 is 0. The van der Waals surface area contributed by atoms with E-state index in [1.165, 1.54) is 6.07 Å². The molecule has 12 heteroatoms. The monoisotopic (exact) mass is 620 g/mol. The molecule has 2 aromatic heterocycles. The molecule has 4 heterocycles. The van der Waals surface area contributed by atoms with Crippen LogP contribution in [0.4, 0.5) is 19.1 Å². The highest BCUT2D eigenvalue weighted by molar-refractivity contribution is 5.92. The van der Waals surface area contributed by atoms with Gasteiger partial charge in [0.1, 0.15) is 11.6 Å². The smallest absolute Gasteiger partial charge is 0.250 e. The van der Waals surface area contributed by atoms with E-state index < -0.39 is 11.7 Å². The van der Waals surface area contributed by atoms with E-state index in [1.54, 1.807) is 24.5 Å². The molecular formula is C33H35F3N6O3. The van der Waals surface area contributed by atoms with Crippen LogP contribution >= 0.6 is 0 Å². The van der Waals surface area contributed by atoms with Crippen molar-refractivity contribution in [2.45, 2.75) is 44.6 Å². The number of likely N-dealkylation sites (tertiary alicyclic amines) is 1. The number of terminal acetylenes is 1. The van der Waals surface area contributed by atoms with Crippen molar-refractivity contribution in [3.8, 4) is 24.0 Å². The Hall–Kier alpha value is -4.08. The minimum Gasteiger partial charge on any atom is -0.508 e. The Bertz CT molecular complexity index is 1770. The summed E-state index contributed by atoms with van der Waals surface area (Å²) in [6, 6.07) is 6.03. The summed E-state index contributed by atoms with van der Waals surface area (Å²) in [5, 5.41) is 11.7. The van der Waals surface area contributed by atoms with Gasteiger partial charge in [0, 0.05) is 63.0 Å². The van der Waals surface area contributed by atoms with Crippen molar-refractivity contribution in [2.75, 3.05) is 57.4 Å². The van der Waals surface area contributed by atoms with Crippen molar-refractivity contribution in [1.29, 1.82) is 0 Å². The molecule has 3 fully saturated rings. The minimum absolute atomic E-state index is 0.0348. The van der Waals surface area contributed by atoms with Gasteiger partial charge in [-0.3, -0.25) is 0 Å². The quantitative estimate of drug-likeness (QED) is 0.277. The first-order valence-corrected chi connectivity index (χ1v) is 15.4. The van der Waals surface area contributed by atoms with Crippen molar-refractivity contribution >= 4 is 27.9 Å². The van der Waals surface area contributed by atoms with Crippen molar-refractivity contribution in [3.05, 3.63) is 47.5 Å². The van der Waals surface area contributed by atoms with Crippen LogP contribution in [0.3, 0.4) is 0 Å². The molecule has 4 aromatic rings. The zero-order chi connectivity index (χ0) is 31.2. The predicted octanol–water partition coefficient (Wildman–Crippen LogP) is 4.97. The number of hydrogen-bond donors (Lipinski definition) is 1. The fourth-order valence-electron chi connectivity index (χ4n) is 6.43. The topological polar surface area (TPSA) is 88.8 Å². The minimum atomic E-state index is -2.58. The predicted molar refractivity (Wildman–Crippen MR) is 163 cm³/mol. The van der Waals surface area contributed by atoms with Crippen LogP contribution in [-0.4, -0.2) is 88.0 Å². The normalized spacial score (nSPS) is 19.8. The van der Waals surface area contributed by atoms with Gasteiger partial charge in [0.2, 0.25) is 11.8 Å². The first-order valence-electron chi connectivity index (χ1n) is 15.4. The van der Waals surface area contributed by atoms with E-state index in [4.69, 9.17) is 25.9 Å². The first kappa shape index (κ1) is 29.6. The molecule has 2 saturated heterocycles. The highest BCUT2D eigenvalue weighted by atomic mass is 19.3. The first-order chi connectivity index (χ1) is 21.7. The summed E-state index contributed by atoms with van der Waals surface area (Å²) in [5.41, 5.74) is 1.64. The molecule has 1 saturated carbocycles. The Morgan fingerprint density at radius 1 is 1.04 bits per heavy atom. The number of phenols is 1. The number of rotatable bonds is 8. The summed E-state index contributed by atoms with van der Waals surface area (Å²) < 4.78 is 56.1. The molecule has 0 atom stereocenters. The van der Waals surface area contributed by atoms with Crippen LogP contribution in [-0.2, 0) is 11.3 Å². The Labute approximate surface area is 259 Å². The average Bonchev–Trinajstić information content (AvgIpc) is 3.75. The van der Waals surface area contributed by atoms with Crippen LogP contribution in [0.15, 0.2) is 30.6 Å². The SMILES string of the molecule is C#Cc1c(F)ccc2cc(O)cc(Cn3cnc4c(OCC5(CN6CCC(F)(F)CC6)CC5)nc(N5CCCOCC5)nc43)c12. The maximum atomic E-state index is 14.7. The molecule has 3 aliphatic rings. The standard InChI is InChI=1S/C33H35F3N6O3/c1-2-25-26(34)5-4-22-16-24(43)17-23(27(22)25)18-42-21-37-28-29(42)38-31(41-10-3-14-44-15-13-41)39-30(28)45-20-32(6-7-32)19-40-11-8-33(35,36)9-12-40/h1,4-5,16-17,21,43H,3,6-15,18-20H2. The molecule has 0 spiro atoms. The largest absolute Gasteiger partial charge is 0.508 e. The van der Waals surface area contributed by atoms with E-state index in [2.05, 4.69) is 20.7 Å². The molecule has 2 aliphatic heterocycles. The molecule has 0 radical (unpaired) electrons. The number of phenolic OH excluding ortho intramolecular Hbond substituents is 1. The molecule has 9 nitrogen and oxygen atoms in total. The highest BCUT2D eigenvalue weighted by Gasteiger charge is 2.46. The maximum Gasteiger partial charge on any atom is 0.250 e. The van der Waals surface area contributed by atoms with Crippen LogP contribution in [0.25, 0.3) is 21.9 Å². The van der Waals surface area contributed by atoms with E-state index in [1.807, 2.05) is 4.57 Å². The number of ether oxygens (including phenoxy) is 2. The summed E-state index contributed by atoms with van der Waals surface area (Å²) in [4.78, 5) is 18.5. The van der Waals surface area contributed by atoms with Crippen molar-refractivity contribution in [3.63, 3.8) is 0 Å². The third kappa shape index (κ3) is 6.11. The average molecular weight is 621 g/mol. The second kappa shape index (κ2) is 11.7. The Morgan fingerprint density at radius 2 is 1.87 bits per heavy atom. The van der Waals surface area contributed by atoms with Gasteiger partial charge in [-0.25, -0.2) is 18.2 Å². The number of piperidine rings is 1. The zero-order valence-corrected chi connectivity index (χ0v) is 24.9. The van der Waals surface area contributed by atoms with E-state index in [0.29, 0.717) is 91.9 Å². The molecule has 236 valence electrons. The second-order valence-corrected chi connectivity index (χ2v) is 12.5. The zero-order valence-electron chi connectivity index (χ0n) is 24.9. The van der Waals surface area contributed by atoms with E-state index >= 15 is 0 Å². The lowest BCUT2D eigenvalue weighted by Gasteiger charge is -2.34. The van der Waals surface area contributed by atoms with Gasteiger partial charge in [0.25, 0.3) is 5.92 Å². The van der Waals surface area contributed by atoms with Gasteiger partial charge in [0.05, 0.1) is 31.6 Å². The van der Waals surface area contributed by atoms with E-state index in [0.717, 1.165) is 19.3 Å². The van der Waals surface area contributed by atoms with Crippen LogP contribution in [0, 0.1) is 23.6 Å². The molecule has 0 amide bonds. The second-order valence-electron chi connectivity index (χ2n) is 12.5. The highest BCUT2D eigenvalue weighted by Crippen LogP contribution is 2.47. The summed E-state index contributed by atoms with van der Waals surface area (Å²) in [5.74, 6) is 0.255. The van der Waals surface area contributed by atoms with Crippen LogP contribution in [0.2, 0.25) is 0 Å². The molecule has 45 heavy (non-hydrogen) atoms. The lowest BCUT2D eigenvalue weighted by Crippen LogP contribution is -2.43. The fourth-order valence-corrected chi connectivity index (χ4v) is 6.43. The van der Waals surface area contributed by atoms with Gasteiger partial charge < -0.3 is 28.9 Å². The van der Waals surface area contributed by atoms with Gasteiger partial charge >= 0.3 is 0 Å². The van der Waals surface area contributed by atoms with Crippen molar-refractivity contribution < 1.29 is 27.8 Å². The lowest BCUT2D eigenvalue weighted by molar-refractivity contribution is -0.0591. The van der Waals surface area contributed by atoms with Gasteiger partial charge in [-0.1, -0.05) is 12.0 Å². The Balaban J connectivity index is 1.22. The maximum absolute atomic E-state index is 14.7. The lowest BCUT2D eigenvalue weighted by atomic mass is 9.98. The number of alkyl halides is 2. The summed E-state index contributed by atoms with van der Waals surface area (Å²) in [6.07, 6.45) is 9.85. The number of hydrogen-bond acceptors (Lipinski definition) is 8. The number of fused-ring (bicyclic) bond motifs is 2. The van der Waals surface area contributed by atoms with Gasteiger partial charge in [-0.05, 0) is 48.4 Å². The van der Waals surface area contributed by atoms with Crippen LogP contribution in [0.1, 0.15) is 43.2 Å². The molecular weight excluding hydrogens is 585 g/mol. The number of benzene rings is 2. The number of imidazole rings is 1. The number of aromatic nitrogens is 4. The molecule has 0 unspecified atom stereocenters. The third-order valence-electron chi connectivity index (χ3n) is 9.16. The van der Waals surface area contributed by atoms with Crippen molar-refractivity contribution in [2.24, 2.45) is 5.41 Å². The van der Waals surface area contributed by atoms with E-state index in [9.17, 15) is 18.3 Å². The Kier molecular flexibility index (Phi) is 7.70. The van der Waals surface area contributed by atoms with Gasteiger partial charge in [-0.2, -0.15) is 9.97 Å². The molecule has 7 rings (SSSR count). The number of aromatic hydroxyl groups is 1. The third-order valence-corrected chi connectivity index (χ3v) is 9.16. The van der Waals surface area contributed by atoms with Crippen molar-refractivity contribution in [1.82, 2.24) is 24.4 Å². The number of halogens is 3. The van der Waals surface area contributed by atoms with Crippen LogP contribution < -0.4 is 9.64 Å². The Morgan fingerprint density at radius 3 is 2.64 bits per heavy atom. The molecule has 2 aromatic carbocycles. The van der Waals surface area contributed by atoms with Gasteiger partial charge in [0.15, 0.2) is 11.2 Å². The number of nitrogens with zero attached hydrogens (tertiary/aromatic N) is 6. The number of anilines is 1. The molecule has 1 aliphatic carbocycles. The molecule has 1 N–H and O–H groups in total.